The third-order valence-electron chi connectivity index (χ3n) is 5.01. The van der Waals surface area contributed by atoms with Crippen molar-refractivity contribution in [3.63, 3.8) is 0 Å². The average molecular weight is 336 g/mol. The number of hydrogen-bond donors (Lipinski definition) is 3. The maximum atomic E-state index is 12.4. The van der Waals surface area contributed by atoms with Gasteiger partial charge >= 0.3 is 6.03 Å². The van der Waals surface area contributed by atoms with E-state index in [1.54, 1.807) is 6.07 Å². The fraction of sp³-hybridized carbons (Fsp3) is 0.300. The number of urea groups is 1. The van der Waals surface area contributed by atoms with E-state index in [4.69, 9.17) is 0 Å². The van der Waals surface area contributed by atoms with E-state index >= 15 is 0 Å². The Hall–Kier alpha value is -2.66. The van der Waals surface area contributed by atoms with Crippen molar-refractivity contribution in [2.45, 2.75) is 37.8 Å². The zero-order chi connectivity index (χ0) is 17.4. The third-order valence-corrected chi connectivity index (χ3v) is 5.01. The van der Waals surface area contributed by atoms with E-state index in [1.165, 1.54) is 0 Å². The molecule has 0 unspecified atom stereocenters. The van der Waals surface area contributed by atoms with Crippen molar-refractivity contribution >= 4 is 17.5 Å². The van der Waals surface area contributed by atoms with Gasteiger partial charge in [-0.15, -0.1) is 0 Å². The molecule has 3 N–H and O–H groups in total. The molecule has 5 nitrogen and oxygen atoms in total. The van der Waals surface area contributed by atoms with Crippen molar-refractivity contribution < 1.29 is 14.7 Å². The predicted octanol–water partition coefficient (Wildman–Crippen LogP) is 2.99. The Balaban J connectivity index is 1.48. The molecular formula is C20H20N2O3. The summed E-state index contributed by atoms with van der Waals surface area (Å²) in [7, 11) is 0. The fourth-order valence-corrected chi connectivity index (χ4v) is 3.76. The van der Waals surface area contributed by atoms with Gasteiger partial charge in [0.1, 0.15) is 0 Å². The number of amides is 2. The molecule has 2 aliphatic carbocycles. The van der Waals surface area contributed by atoms with Crippen molar-refractivity contribution in [3.8, 4) is 0 Å². The van der Waals surface area contributed by atoms with Crippen LogP contribution in [0.15, 0.2) is 42.5 Å². The van der Waals surface area contributed by atoms with Crippen molar-refractivity contribution in [1.82, 2.24) is 5.32 Å². The highest BCUT2D eigenvalue weighted by Crippen LogP contribution is 2.31. The first-order valence-corrected chi connectivity index (χ1v) is 8.61. The lowest BCUT2D eigenvalue weighted by Crippen LogP contribution is -2.36. The van der Waals surface area contributed by atoms with Crippen LogP contribution in [0.2, 0.25) is 0 Å². The number of Topliss-reactive ketones (excluding diaryl/α,β-unsaturated/α-hetero) is 1. The van der Waals surface area contributed by atoms with Gasteiger partial charge in [0, 0.05) is 24.1 Å². The molecule has 128 valence electrons. The van der Waals surface area contributed by atoms with Crippen LogP contribution in [0.1, 0.15) is 45.9 Å². The number of anilines is 1. The molecule has 2 atom stereocenters. The summed E-state index contributed by atoms with van der Waals surface area (Å²) < 4.78 is 0. The SMILES string of the molecule is O=C(Nc1ccc2c(c1)C(=O)CCC2)N[C@@H]1c2ccccc2C[C@@H]1O. The number of carbonyl (C=O) groups excluding carboxylic acids is 2. The lowest BCUT2D eigenvalue weighted by Gasteiger charge is -2.19. The van der Waals surface area contributed by atoms with Gasteiger partial charge in [-0.25, -0.2) is 4.79 Å². The van der Waals surface area contributed by atoms with E-state index in [1.807, 2.05) is 36.4 Å². The smallest absolute Gasteiger partial charge is 0.319 e. The molecule has 5 heteroatoms. The Labute approximate surface area is 146 Å². The first-order chi connectivity index (χ1) is 12.1. The highest BCUT2D eigenvalue weighted by atomic mass is 16.3. The minimum absolute atomic E-state index is 0.130. The van der Waals surface area contributed by atoms with Crippen LogP contribution < -0.4 is 10.6 Å². The monoisotopic (exact) mass is 336 g/mol. The number of rotatable bonds is 2. The number of benzene rings is 2. The summed E-state index contributed by atoms with van der Waals surface area (Å²) >= 11 is 0. The number of ketones is 1. The molecule has 2 aromatic carbocycles. The van der Waals surface area contributed by atoms with E-state index < -0.39 is 12.1 Å². The molecule has 2 aliphatic rings. The molecule has 4 rings (SSSR count). The van der Waals surface area contributed by atoms with Gasteiger partial charge in [0.2, 0.25) is 0 Å². The van der Waals surface area contributed by atoms with Gasteiger partial charge in [-0.2, -0.15) is 0 Å². The Morgan fingerprint density at radius 1 is 1.08 bits per heavy atom. The Morgan fingerprint density at radius 3 is 2.80 bits per heavy atom. The second kappa shape index (κ2) is 6.33. The van der Waals surface area contributed by atoms with Crippen LogP contribution in [0, 0.1) is 0 Å². The van der Waals surface area contributed by atoms with Crippen molar-refractivity contribution in [1.29, 1.82) is 0 Å². The summed E-state index contributed by atoms with van der Waals surface area (Å²) in [6.45, 7) is 0. The highest BCUT2D eigenvalue weighted by Gasteiger charge is 2.31. The standard InChI is InChI=1S/C20H20N2O3/c23-17-7-3-5-12-8-9-14(11-16(12)17)21-20(25)22-19-15-6-2-1-4-13(15)10-18(19)24/h1-2,4,6,8-9,11,18-19,24H,3,5,7,10H2,(H2,21,22,25)/t18-,19+/m0/s1. The van der Waals surface area contributed by atoms with E-state index in [0.29, 0.717) is 24.1 Å². The van der Waals surface area contributed by atoms with Crippen LogP contribution in [0.3, 0.4) is 0 Å². The van der Waals surface area contributed by atoms with Gasteiger partial charge in [-0.1, -0.05) is 30.3 Å². The molecule has 0 radical (unpaired) electrons. The van der Waals surface area contributed by atoms with E-state index in [9.17, 15) is 14.7 Å². The molecule has 0 fully saturated rings. The minimum atomic E-state index is -0.631. The molecule has 25 heavy (non-hydrogen) atoms. The van der Waals surface area contributed by atoms with Crippen LogP contribution in [0.5, 0.6) is 0 Å². The quantitative estimate of drug-likeness (QED) is 0.789. The number of fused-ring (bicyclic) bond motifs is 2. The van der Waals surface area contributed by atoms with Gasteiger partial charge in [0.25, 0.3) is 0 Å². The minimum Gasteiger partial charge on any atom is -0.390 e. The van der Waals surface area contributed by atoms with Crippen LogP contribution >= 0.6 is 0 Å². The Morgan fingerprint density at radius 2 is 1.92 bits per heavy atom. The van der Waals surface area contributed by atoms with Crippen LogP contribution in [-0.2, 0) is 12.8 Å². The number of aliphatic hydroxyl groups is 1. The van der Waals surface area contributed by atoms with E-state index in [0.717, 1.165) is 29.5 Å². The van der Waals surface area contributed by atoms with Gasteiger partial charge in [-0.3, -0.25) is 4.79 Å². The number of aliphatic hydroxyl groups excluding tert-OH is 1. The lowest BCUT2D eigenvalue weighted by atomic mass is 9.90. The van der Waals surface area contributed by atoms with Gasteiger partial charge in [0.05, 0.1) is 12.1 Å². The van der Waals surface area contributed by atoms with E-state index in [-0.39, 0.29) is 11.8 Å². The van der Waals surface area contributed by atoms with Crippen LogP contribution in [-0.4, -0.2) is 23.0 Å². The molecule has 0 spiro atoms. The molecule has 0 bridgehead atoms. The summed E-state index contributed by atoms with van der Waals surface area (Å²) in [5, 5.41) is 15.8. The molecule has 2 amide bonds. The topological polar surface area (TPSA) is 78.4 Å². The van der Waals surface area contributed by atoms with Crippen LogP contribution in [0.25, 0.3) is 0 Å². The number of hydrogen-bond acceptors (Lipinski definition) is 3. The summed E-state index contributed by atoms with van der Waals surface area (Å²) in [6, 6.07) is 12.4. The van der Waals surface area contributed by atoms with E-state index in [2.05, 4.69) is 10.6 Å². The Bertz CT molecular complexity index is 847. The maximum Gasteiger partial charge on any atom is 0.319 e. The fourth-order valence-electron chi connectivity index (χ4n) is 3.76. The van der Waals surface area contributed by atoms with Crippen LogP contribution in [0.4, 0.5) is 10.5 Å². The highest BCUT2D eigenvalue weighted by molar-refractivity contribution is 6.00. The maximum absolute atomic E-state index is 12.4. The number of carbonyl (C=O) groups is 2. The number of nitrogens with one attached hydrogen (secondary N) is 2. The first kappa shape index (κ1) is 15.8. The van der Waals surface area contributed by atoms with Gasteiger partial charge < -0.3 is 15.7 Å². The van der Waals surface area contributed by atoms with Crippen molar-refractivity contribution in [3.05, 3.63) is 64.7 Å². The summed E-state index contributed by atoms with van der Waals surface area (Å²) in [4.78, 5) is 24.4. The third kappa shape index (κ3) is 3.03. The normalized spacial score (nSPS) is 21.4. The average Bonchev–Trinajstić information content (AvgIpc) is 2.91. The zero-order valence-corrected chi connectivity index (χ0v) is 13.8. The Kier molecular flexibility index (Phi) is 4.01. The van der Waals surface area contributed by atoms with Crippen molar-refractivity contribution in [2.75, 3.05) is 5.32 Å². The molecule has 0 aliphatic heterocycles. The summed E-state index contributed by atoms with van der Waals surface area (Å²) in [5.41, 5.74) is 4.34. The van der Waals surface area contributed by atoms with Gasteiger partial charge in [-0.05, 0) is 41.7 Å². The zero-order valence-electron chi connectivity index (χ0n) is 13.8. The molecule has 2 aromatic rings. The van der Waals surface area contributed by atoms with Gasteiger partial charge in [0.15, 0.2) is 5.78 Å². The molecule has 0 heterocycles. The summed E-state index contributed by atoms with van der Waals surface area (Å²) in [5.74, 6) is 0.130. The largest absolute Gasteiger partial charge is 0.390 e. The molecule has 0 saturated carbocycles. The molecule has 0 saturated heterocycles. The molecular weight excluding hydrogens is 316 g/mol. The predicted molar refractivity (Wildman–Crippen MR) is 94.8 cm³/mol. The molecule has 0 aromatic heterocycles. The first-order valence-electron chi connectivity index (χ1n) is 8.61. The summed E-state index contributed by atoms with van der Waals surface area (Å²) in [6.07, 6.45) is 2.26. The second-order valence-electron chi connectivity index (χ2n) is 6.70. The lowest BCUT2D eigenvalue weighted by molar-refractivity contribution is 0.0972. The second-order valence-corrected chi connectivity index (χ2v) is 6.70. The van der Waals surface area contributed by atoms with Crippen molar-refractivity contribution in [2.24, 2.45) is 0 Å². The number of aryl methyl sites for hydroxylation is 1.